The van der Waals surface area contributed by atoms with Crippen molar-refractivity contribution in [2.45, 2.75) is 38.3 Å². The summed E-state index contributed by atoms with van der Waals surface area (Å²) < 4.78 is 17.1. The van der Waals surface area contributed by atoms with Crippen molar-refractivity contribution in [2.75, 3.05) is 13.2 Å². The minimum absolute atomic E-state index is 0.0742. The van der Waals surface area contributed by atoms with Crippen molar-refractivity contribution >= 4 is 6.08 Å². The quantitative estimate of drug-likeness (QED) is 0.834. The molecule has 2 heterocycles. The normalized spacial score (nSPS) is 29.8. The van der Waals surface area contributed by atoms with E-state index in [0.29, 0.717) is 6.61 Å². The highest BCUT2D eigenvalue weighted by Crippen LogP contribution is 2.25. The standard InChI is InChI=1S/C16H20O3/c1-2-6-13(7-3-1)10-14-11-16(18-12-14)19-15-8-4-5-9-17-15/h1-3,6-7,10,15-16H,4-5,8-9,11-12H2/b14-10-. The zero-order chi connectivity index (χ0) is 12.9. The molecule has 0 radical (unpaired) electrons. The lowest BCUT2D eigenvalue weighted by Gasteiger charge is -2.25. The van der Waals surface area contributed by atoms with Crippen molar-refractivity contribution < 1.29 is 14.2 Å². The van der Waals surface area contributed by atoms with Gasteiger partial charge in [-0.25, -0.2) is 0 Å². The fourth-order valence-electron chi connectivity index (χ4n) is 2.49. The van der Waals surface area contributed by atoms with Crippen molar-refractivity contribution in [3.05, 3.63) is 41.5 Å². The van der Waals surface area contributed by atoms with Crippen LogP contribution in [-0.4, -0.2) is 25.8 Å². The van der Waals surface area contributed by atoms with E-state index < -0.39 is 0 Å². The lowest BCUT2D eigenvalue weighted by atomic mass is 10.1. The maximum Gasteiger partial charge on any atom is 0.164 e. The Kier molecular flexibility index (Phi) is 4.28. The van der Waals surface area contributed by atoms with Crippen molar-refractivity contribution in [2.24, 2.45) is 0 Å². The molecular weight excluding hydrogens is 240 g/mol. The van der Waals surface area contributed by atoms with E-state index in [4.69, 9.17) is 14.2 Å². The van der Waals surface area contributed by atoms with E-state index in [-0.39, 0.29) is 12.6 Å². The number of rotatable bonds is 3. The summed E-state index contributed by atoms with van der Waals surface area (Å²) in [5.74, 6) is 0. The highest BCUT2D eigenvalue weighted by Gasteiger charge is 2.25. The molecule has 0 aromatic heterocycles. The summed E-state index contributed by atoms with van der Waals surface area (Å²) in [5, 5.41) is 0. The van der Waals surface area contributed by atoms with Crippen LogP contribution in [0, 0.1) is 0 Å². The summed E-state index contributed by atoms with van der Waals surface area (Å²) in [5.41, 5.74) is 2.50. The van der Waals surface area contributed by atoms with Crippen LogP contribution in [0.25, 0.3) is 6.08 Å². The van der Waals surface area contributed by atoms with E-state index in [1.807, 2.05) is 18.2 Å². The van der Waals surface area contributed by atoms with E-state index >= 15 is 0 Å². The Bertz CT molecular complexity index is 421. The van der Waals surface area contributed by atoms with Crippen LogP contribution in [0.3, 0.4) is 0 Å². The van der Waals surface area contributed by atoms with Gasteiger partial charge in [0.25, 0.3) is 0 Å². The Morgan fingerprint density at radius 1 is 1.05 bits per heavy atom. The van der Waals surface area contributed by atoms with Gasteiger partial charge in [-0.15, -0.1) is 0 Å². The van der Waals surface area contributed by atoms with Crippen molar-refractivity contribution in [1.82, 2.24) is 0 Å². The summed E-state index contributed by atoms with van der Waals surface area (Å²) in [6.45, 7) is 1.47. The second-order valence-corrected chi connectivity index (χ2v) is 5.09. The molecule has 0 spiro atoms. The molecule has 0 saturated carbocycles. The molecule has 2 aliphatic heterocycles. The molecule has 102 valence electrons. The van der Waals surface area contributed by atoms with Crippen molar-refractivity contribution in [1.29, 1.82) is 0 Å². The molecule has 2 aliphatic rings. The topological polar surface area (TPSA) is 27.7 Å². The SMILES string of the molecule is C(=C1/COC(OC2CCCCO2)C1)/c1ccccc1. The van der Waals surface area contributed by atoms with Crippen LogP contribution in [0.1, 0.15) is 31.2 Å². The molecule has 1 aromatic rings. The van der Waals surface area contributed by atoms with Gasteiger partial charge in [0.2, 0.25) is 0 Å². The Hall–Kier alpha value is -1.16. The Morgan fingerprint density at radius 2 is 1.95 bits per heavy atom. The van der Waals surface area contributed by atoms with Crippen LogP contribution in [0.4, 0.5) is 0 Å². The van der Waals surface area contributed by atoms with Gasteiger partial charge in [-0.3, -0.25) is 0 Å². The first-order valence-corrected chi connectivity index (χ1v) is 7.03. The van der Waals surface area contributed by atoms with Gasteiger partial charge in [-0.05, 0) is 30.4 Å². The molecule has 0 aliphatic carbocycles. The van der Waals surface area contributed by atoms with Crippen molar-refractivity contribution in [3.63, 3.8) is 0 Å². The highest BCUT2D eigenvalue weighted by molar-refractivity contribution is 5.53. The van der Waals surface area contributed by atoms with Crippen LogP contribution >= 0.6 is 0 Å². The fourth-order valence-corrected chi connectivity index (χ4v) is 2.49. The molecule has 0 amide bonds. The highest BCUT2D eigenvalue weighted by atomic mass is 16.8. The molecule has 2 saturated heterocycles. The van der Waals surface area contributed by atoms with E-state index in [1.165, 1.54) is 17.6 Å². The van der Waals surface area contributed by atoms with Gasteiger partial charge in [0, 0.05) is 13.0 Å². The monoisotopic (exact) mass is 260 g/mol. The largest absolute Gasteiger partial charge is 0.353 e. The Morgan fingerprint density at radius 3 is 2.74 bits per heavy atom. The van der Waals surface area contributed by atoms with Gasteiger partial charge in [0.05, 0.1) is 6.61 Å². The number of hydrogen-bond donors (Lipinski definition) is 0. The molecule has 0 N–H and O–H groups in total. The van der Waals surface area contributed by atoms with Crippen LogP contribution in [0.5, 0.6) is 0 Å². The van der Waals surface area contributed by atoms with Crippen LogP contribution in [-0.2, 0) is 14.2 Å². The summed E-state index contributed by atoms with van der Waals surface area (Å²) in [4.78, 5) is 0. The van der Waals surface area contributed by atoms with Gasteiger partial charge in [-0.2, -0.15) is 0 Å². The van der Waals surface area contributed by atoms with Gasteiger partial charge in [0.1, 0.15) is 0 Å². The molecule has 2 atom stereocenters. The molecule has 1 aromatic carbocycles. The maximum absolute atomic E-state index is 5.83. The molecule has 3 heteroatoms. The summed E-state index contributed by atoms with van der Waals surface area (Å²) in [6.07, 6.45) is 6.12. The first-order valence-electron chi connectivity index (χ1n) is 7.03. The summed E-state index contributed by atoms with van der Waals surface area (Å²) in [6, 6.07) is 10.3. The summed E-state index contributed by atoms with van der Waals surface area (Å²) >= 11 is 0. The Balaban J connectivity index is 1.53. The number of ether oxygens (including phenoxy) is 3. The van der Waals surface area contributed by atoms with Crippen LogP contribution < -0.4 is 0 Å². The lowest BCUT2D eigenvalue weighted by Crippen LogP contribution is -2.27. The van der Waals surface area contributed by atoms with Crippen LogP contribution in [0.15, 0.2) is 35.9 Å². The second-order valence-electron chi connectivity index (χ2n) is 5.09. The summed E-state index contributed by atoms with van der Waals surface area (Å²) in [7, 11) is 0. The first kappa shape index (κ1) is 12.9. The molecule has 19 heavy (non-hydrogen) atoms. The third kappa shape index (κ3) is 3.66. The number of hydrogen-bond acceptors (Lipinski definition) is 3. The second kappa shape index (κ2) is 6.33. The van der Waals surface area contributed by atoms with Crippen LogP contribution in [0.2, 0.25) is 0 Å². The first-order chi connectivity index (χ1) is 9.40. The predicted molar refractivity (Wildman–Crippen MR) is 73.5 cm³/mol. The zero-order valence-corrected chi connectivity index (χ0v) is 11.1. The zero-order valence-electron chi connectivity index (χ0n) is 11.1. The van der Waals surface area contributed by atoms with E-state index in [9.17, 15) is 0 Å². The molecule has 3 nitrogen and oxygen atoms in total. The van der Waals surface area contributed by atoms with E-state index in [0.717, 1.165) is 25.9 Å². The molecule has 3 rings (SSSR count). The lowest BCUT2D eigenvalue weighted by molar-refractivity contribution is -0.241. The van der Waals surface area contributed by atoms with E-state index in [1.54, 1.807) is 0 Å². The van der Waals surface area contributed by atoms with E-state index in [2.05, 4.69) is 18.2 Å². The molecule has 2 unspecified atom stereocenters. The molecule has 2 fully saturated rings. The number of benzene rings is 1. The van der Waals surface area contributed by atoms with Gasteiger partial charge in [-0.1, -0.05) is 36.4 Å². The average molecular weight is 260 g/mol. The van der Waals surface area contributed by atoms with Crippen molar-refractivity contribution in [3.8, 4) is 0 Å². The third-order valence-electron chi connectivity index (χ3n) is 3.50. The minimum Gasteiger partial charge on any atom is -0.353 e. The maximum atomic E-state index is 5.83. The predicted octanol–water partition coefficient (Wildman–Crippen LogP) is 3.36. The third-order valence-corrected chi connectivity index (χ3v) is 3.50. The van der Waals surface area contributed by atoms with Gasteiger partial charge < -0.3 is 14.2 Å². The smallest absolute Gasteiger partial charge is 0.164 e. The molecule has 0 bridgehead atoms. The van der Waals surface area contributed by atoms with Gasteiger partial charge >= 0.3 is 0 Å². The fraction of sp³-hybridized carbons (Fsp3) is 0.500. The minimum atomic E-state index is -0.141. The molecular formula is C16H20O3. The average Bonchev–Trinajstić information content (AvgIpc) is 2.88. The van der Waals surface area contributed by atoms with Gasteiger partial charge in [0.15, 0.2) is 12.6 Å². The Labute approximate surface area is 114 Å².